The number of benzene rings is 4. The first-order valence-corrected chi connectivity index (χ1v) is 15.2. The lowest BCUT2D eigenvalue weighted by Gasteiger charge is -2.12. The number of hydrogen-bond acceptors (Lipinski definition) is 7. The smallest absolute Gasteiger partial charge is 0.272 e. The van der Waals surface area contributed by atoms with Gasteiger partial charge in [0.15, 0.2) is 5.13 Å². The van der Waals surface area contributed by atoms with E-state index in [9.17, 15) is 14.4 Å². The van der Waals surface area contributed by atoms with Gasteiger partial charge in [0.25, 0.3) is 11.8 Å². The number of anilines is 2. The summed E-state index contributed by atoms with van der Waals surface area (Å²) in [7, 11) is 1.60. The molecule has 1 heterocycles. The molecule has 4 aromatic carbocycles. The minimum absolute atomic E-state index is 0.0691. The van der Waals surface area contributed by atoms with E-state index in [1.807, 2.05) is 36.4 Å². The van der Waals surface area contributed by atoms with Crippen molar-refractivity contribution in [1.29, 1.82) is 0 Å². The number of thioether (sulfide) groups is 1. The third-order valence-corrected chi connectivity index (χ3v) is 8.23. The Hall–Kier alpha value is -4.64. The van der Waals surface area contributed by atoms with Crippen molar-refractivity contribution >= 4 is 79.5 Å². The highest BCUT2D eigenvalue weighted by Crippen LogP contribution is 2.29. The third-order valence-electron chi connectivity index (χ3n) is 6.03. The quantitative estimate of drug-likeness (QED) is 0.112. The van der Waals surface area contributed by atoms with E-state index in [0.29, 0.717) is 27.0 Å². The van der Waals surface area contributed by atoms with E-state index in [1.165, 1.54) is 23.1 Å². The van der Waals surface area contributed by atoms with Crippen molar-refractivity contribution in [2.45, 2.75) is 4.90 Å². The number of ether oxygens (including phenoxy) is 1. The highest BCUT2D eigenvalue weighted by Gasteiger charge is 2.15. The number of carbonyl (C=O) groups excluding carboxylic acids is 3. The molecule has 43 heavy (non-hydrogen) atoms. The Balaban J connectivity index is 1.20. The maximum Gasteiger partial charge on any atom is 0.272 e. The molecule has 0 unspecified atom stereocenters. The van der Waals surface area contributed by atoms with E-state index in [0.717, 1.165) is 20.9 Å². The van der Waals surface area contributed by atoms with Crippen molar-refractivity contribution < 1.29 is 19.1 Å². The standard InChI is InChI=1S/C32H25ClN4O4S2/c1-41-24-13-16-26-28(18-24)43-32(36-26)37-29(38)19-42-25-14-11-23(12-15-25)34-31(40)27(17-20-7-9-22(33)10-8-20)35-30(39)21-5-3-2-4-6-21/h2-18H,19H2,1H3,(H,34,40)(H,35,39)(H,36,37,38)/b27-17-. The lowest BCUT2D eigenvalue weighted by molar-refractivity contribution is -0.114. The zero-order valence-corrected chi connectivity index (χ0v) is 25.2. The van der Waals surface area contributed by atoms with Gasteiger partial charge < -0.3 is 20.7 Å². The average Bonchev–Trinajstić information content (AvgIpc) is 3.43. The highest BCUT2D eigenvalue weighted by atomic mass is 35.5. The number of hydrogen-bond donors (Lipinski definition) is 3. The SMILES string of the molecule is COc1ccc2nc(NC(=O)CSc3ccc(NC(=O)/C(=C/c4ccc(Cl)cc4)NC(=O)c4ccccc4)cc3)sc2c1. The fraction of sp³-hybridized carbons (Fsp3) is 0.0625. The van der Waals surface area contributed by atoms with Gasteiger partial charge in [-0.05, 0) is 78.4 Å². The summed E-state index contributed by atoms with van der Waals surface area (Å²) >= 11 is 8.73. The number of nitrogens with zero attached hydrogens (tertiary/aromatic N) is 1. The van der Waals surface area contributed by atoms with Crippen molar-refractivity contribution in [3.05, 3.63) is 119 Å². The molecule has 0 aliphatic rings. The molecule has 0 bridgehead atoms. The molecule has 5 rings (SSSR count). The van der Waals surface area contributed by atoms with Gasteiger partial charge in [-0.25, -0.2) is 4.98 Å². The second-order valence-electron chi connectivity index (χ2n) is 9.10. The summed E-state index contributed by atoms with van der Waals surface area (Å²) in [6.45, 7) is 0. The normalized spacial score (nSPS) is 11.2. The van der Waals surface area contributed by atoms with Crippen LogP contribution in [0.1, 0.15) is 15.9 Å². The number of amides is 3. The maximum atomic E-state index is 13.2. The first kappa shape index (κ1) is 29.8. The number of thiazole rings is 1. The molecule has 0 fully saturated rings. The van der Waals surface area contributed by atoms with Gasteiger partial charge in [0.2, 0.25) is 5.91 Å². The Morgan fingerprint density at radius 1 is 0.930 bits per heavy atom. The van der Waals surface area contributed by atoms with Crippen LogP contribution in [0.15, 0.2) is 108 Å². The highest BCUT2D eigenvalue weighted by molar-refractivity contribution is 8.00. The number of methoxy groups -OCH3 is 1. The van der Waals surface area contributed by atoms with E-state index >= 15 is 0 Å². The number of fused-ring (bicyclic) bond motifs is 1. The molecule has 3 amide bonds. The molecule has 8 nitrogen and oxygen atoms in total. The van der Waals surface area contributed by atoms with Gasteiger partial charge in [-0.15, -0.1) is 11.8 Å². The Kier molecular flexibility index (Phi) is 9.73. The Labute approximate surface area is 261 Å². The summed E-state index contributed by atoms with van der Waals surface area (Å²) in [5.74, 6) is -0.168. The van der Waals surface area contributed by atoms with Gasteiger partial charge in [-0.1, -0.05) is 53.3 Å². The van der Waals surface area contributed by atoms with Crippen LogP contribution in [0.2, 0.25) is 5.02 Å². The minimum Gasteiger partial charge on any atom is -0.497 e. The van der Waals surface area contributed by atoms with Gasteiger partial charge in [-0.3, -0.25) is 14.4 Å². The van der Waals surface area contributed by atoms with Crippen LogP contribution in [-0.2, 0) is 9.59 Å². The average molecular weight is 629 g/mol. The zero-order chi connectivity index (χ0) is 30.2. The summed E-state index contributed by atoms with van der Waals surface area (Å²) in [5.41, 5.74) is 2.50. The van der Waals surface area contributed by atoms with Crippen LogP contribution in [-0.4, -0.2) is 35.6 Å². The summed E-state index contributed by atoms with van der Waals surface area (Å²) < 4.78 is 6.16. The number of carbonyl (C=O) groups is 3. The molecule has 0 atom stereocenters. The summed E-state index contributed by atoms with van der Waals surface area (Å²) in [6.07, 6.45) is 1.58. The topological polar surface area (TPSA) is 109 Å². The van der Waals surface area contributed by atoms with Gasteiger partial charge in [0, 0.05) is 21.2 Å². The third kappa shape index (κ3) is 8.23. The number of nitrogens with one attached hydrogen (secondary N) is 3. The second kappa shape index (κ2) is 14.0. The monoisotopic (exact) mass is 628 g/mol. The van der Waals surface area contributed by atoms with Crippen molar-refractivity contribution in [3.8, 4) is 5.75 Å². The molecule has 216 valence electrons. The minimum atomic E-state index is -0.493. The zero-order valence-electron chi connectivity index (χ0n) is 22.8. The fourth-order valence-electron chi connectivity index (χ4n) is 3.89. The largest absolute Gasteiger partial charge is 0.497 e. The van der Waals surface area contributed by atoms with Crippen molar-refractivity contribution in [3.63, 3.8) is 0 Å². The summed E-state index contributed by atoms with van der Waals surface area (Å²) in [5, 5.41) is 9.46. The molecule has 0 radical (unpaired) electrons. The van der Waals surface area contributed by atoms with Crippen molar-refractivity contribution in [2.24, 2.45) is 0 Å². The number of halogens is 1. The molecule has 3 N–H and O–H groups in total. The van der Waals surface area contributed by atoms with Gasteiger partial charge in [0.05, 0.1) is 23.1 Å². The fourth-order valence-corrected chi connectivity index (χ4v) is 5.63. The van der Waals surface area contributed by atoms with Crippen LogP contribution in [0.3, 0.4) is 0 Å². The molecule has 0 saturated heterocycles. The number of aromatic nitrogens is 1. The van der Waals surface area contributed by atoms with Crippen molar-refractivity contribution in [2.75, 3.05) is 23.5 Å². The molecule has 0 spiro atoms. The van der Waals surface area contributed by atoms with Crippen LogP contribution in [0.4, 0.5) is 10.8 Å². The Bertz CT molecular complexity index is 1790. The summed E-state index contributed by atoms with van der Waals surface area (Å²) in [4.78, 5) is 43.9. The maximum absolute atomic E-state index is 13.2. The van der Waals surface area contributed by atoms with Gasteiger partial charge in [-0.2, -0.15) is 0 Å². The molecular weight excluding hydrogens is 604 g/mol. The van der Waals surface area contributed by atoms with Crippen LogP contribution in [0.5, 0.6) is 5.75 Å². The van der Waals surface area contributed by atoms with E-state index in [4.69, 9.17) is 16.3 Å². The lowest BCUT2D eigenvalue weighted by Crippen LogP contribution is -2.30. The van der Waals surface area contributed by atoms with Crippen molar-refractivity contribution in [1.82, 2.24) is 10.3 Å². The molecule has 11 heteroatoms. The first-order chi connectivity index (χ1) is 20.9. The molecule has 1 aromatic heterocycles. The first-order valence-electron chi connectivity index (χ1n) is 13.0. The van der Waals surface area contributed by atoms with Crippen LogP contribution in [0.25, 0.3) is 16.3 Å². The number of rotatable bonds is 10. The molecular formula is C32H25ClN4O4S2. The van der Waals surface area contributed by atoms with Crippen LogP contribution >= 0.6 is 34.7 Å². The Morgan fingerprint density at radius 3 is 2.40 bits per heavy atom. The van der Waals surface area contributed by atoms with Gasteiger partial charge >= 0.3 is 0 Å². The van der Waals surface area contributed by atoms with Gasteiger partial charge in [0.1, 0.15) is 11.4 Å². The van der Waals surface area contributed by atoms with Crippen LogP contribution in [0, 0.1) is 0 Å². The van der Waals surface area contributed by atoms with E-state index < -0.39 is 11.8 Å². The second-order valence-corrected chi connectivity index (χ2v) is 11.6. The van der Waals surface area contributed by atoms with Crippen LogP contribution < -0.4 is 20.7 Å². The molecule has 0 aliphatic carbocycles. The van der Waals surface area contributed by atoms with E-state index in [2.05, 4.69) is 20.9 Å². The Morgan fingerprint density at radius 2 is 1.67 bits per heavy atom. The summed E-state index contributed by atoms with van der Waals surface area (Å²) in [6, 6.07) is 28.2. The lowest BCUT2D eigenvalue weighted by atomic mass is 10.1. The molecule has 0 aliphatic heterocycles. The molecule has 0 saturated carbocycles. The predicted molar refractivity (Wildman–Crippen MR) is 174 cm³/mol. The van der Waals surface area contributed by atoms with E-state index in [1.54, 1.807) is 73.8 Å². The molecule has 5 aromatic rings. The predicted octanol–water partition coefficient (Wildman–Crippen LogP) is 7.10. The van der Waals surface area contributed by atoms with E-state index in [-0.39, 0.29) is 17.4 Å².